The van der Waals surface area contributed by atoms with Gasteiger partial charge in [0.05, 0.1) is 7.11 Å². The highest BCUT2D eigenvalue weighted by Gasteiger charge is 2.26. The first-order valence-corrected chi connectivity index (χ1v) is 8.84. The molecule has 1 aliphatic rings. The summed E-state index contributed by atoms with van der Waals surface area (Å²) in [6.45, 7) is 1.66. The second-order valence-electron chi connectivity index (χ2n) is 6.19. The van der Waals surface area contributed by atoms with Gasteiger partial charge in [0.1, 0.15) is 12.4 Å². The van der Waals surface area contributed by atoms with Crippen LogP contribution < -0.4 is 4.74 Å². The van der Waals surface area contributed by atoms with Crippen molar-refractivity contribution in [3.05, 3.63) is 64.7 Å². The molecule has 4 nitrogen and oxygen atoms in total. The molecule has 2 aromatic carbocycles. The van der Waals surface area contributed by atoms with Crippen molar-refractivity contribution in [3.8, 4) is 5.75 Å². The summed E-state index contributed by atoms with van der Waals surface area (Å²) in [7, 11) is 1.67. The molecule has 0 unspecified atom stereocenters. The number of halogens is 1. The Labute approximate surface area is 153 Å². The average molecular weight is 360 g/mol. The molecule has 2 aromatic rings. The SMILES string of the molecule is COc1ccc(Cl)cc1C1CCN(C(=O)OCc2ccccc2)CC1. The fourth-order valence-electron chi connectivity index (χ4n) is 3.21. The van der Waals surface area contributed by atoms with E-state index in [0.29, 0.717) is 30.6 Å². The van der Waals surface area contributed by atoms with Crippen molar-refractivity contribution in [2.75, 3.05) is 20.2 Å². The zero-order valence-electron chi connectivity index (χ0n) is 14.3. The van der Waals surface area contributed by atoms with Gasteiger partial charge in [-0.2, -0.15) is 0 Å². The van der Waals surface area contributed by atoms with E-state index in [1.807, 2.05) is 48.5 Å². The number of carbonyl (C=O) groups excluding carboxylic acids is 1. The molecule has 1 heterocycles. The Hall–Kier alpha value is -2.20. The molecule has 1 saturated heterocycles. The second kappa shape index (κ2) is 8.26. The summed E-state index contributed by atoms with van der Waals surface area (Å²) >= 11 is 6.13. The maximum Gasteiger partial charge on any atom is 0.410 e. The molecule has 1 amide bonds. The smallest absolute Gasteiger partial charge is 0.410 e. The van der Waals surface area contributed by atoms with Crippen LogP contribution in [0.5, 0.6) is 5.75 Å². The van der Waals surface area contributed by atoms with Gasteiger partial charge < -0.3 is 14.4 Å². The lowest BCUT2D eigenvalue weighted by Gasteiger charge is -2.32. The fourth-order valence-corrected chi connectivity index (χ4v) is 3.39. The van der Waals surface area contributed by atoms with Gasteiger partial charge in [-0.05, 0) is 48.1 Å². The van der Waals surface area contributed by atoms with Crippen molar-refractivity contribution >= 4 is 17.7 Å². The van der Waals surface area contributed by atoms with Crippen LogP contribution in [-0.2, 0) is 11.3 Å². The Morgan fingerprint density at radius 2 is 1.88 bits per heavy atom. The van der Waals surface area contributed by atoms with Gasteiger partial charge in [-0.25, -0.2) is 4.79 Å². The number of hydrogen-bond acceptors (Lipinski definition) is 3. The molecule has 0 spiro atoms. The molecule has 25 heavy (non-hydrogen) atoms. The zero-order valence-corrected chi connectivity index (χ0v) is 15.0. The number of methoxy groups -OCH3 is 1. The standard InChI is InChI=1S/C20H22ClNO3/c1-24-19-8-7-17(21)13-18(19)16-9-11-22(12-10-16)20(23)25-14-15-5-3-2-4-6-15/h2-8,13,16H,9-12,14H2,1H3. The Morgan fingerprint density at radius 3 is 2.56 bits per heavy atom. The van der Waals surface area contributed by atoms with E-state index in [4.69, 9.17) is 21.1 Å². The Morgan fingerprint density at radius 1 is 1.16 bits per heavy atom. The Kier molecular flexibility index (Phi) is 5.82. The third-order valence-corrected chi connectivity index (χ3v) is 4.82. The normalized spacial score (nSPS) is 15.0. The zero-order chi connectivity index (χ0) is 17.6. The predicted molar refractivity (Wildman–Crippen MR) is 98.2 cm³/mol. The van der Waals surface area contributed by atoms with Crippen LogP contribution in [0.3, 0.4) is 0 Å². The van der Waals surface area contributed by atoms with Gasteiger partial charge in [0, 0.05) is 18.1 Å². The van der Waals surface area contributed by atoms with Gasteiger partial charge in [-0.15, -0.1) is 0 Å². The van der Waals surface area contributed by atoms with Gasteiger partial charge >= 0.3 is 6.09 Å². The quantitative estimate of drug-likeness (QED) is 0.782. The number of rotatable bonds is 4. The van der Waals surface area contributed by atoms with Gasteiger partial charge in [-0.1, -0.05) is 41.9 Å². The number of amides is 1. The summed E-state index contributed by atoms with van der Waals surface area (Å²) in [5.74, 6) is 1.20. The number of hydrogen-bond donors (Lipinski definition) is 0. The summed E-state index contributed by atoms with van der Waals surface area (Å²) < 4.78 is 10.9. The lowest BCUT2D eigenvalue weighted by Crippen LogP contribution is -2.38. The van der Waals surface area contributed by atoms with Crippen LogP contribution in [0.2, 0.25) is 5.02 Å². The van der Waals surface area contributed by atoms with Crippen LogP contribution in [0, 0.1) is 0 Å². The van der Waals surface area contributed by atoms with Crippen molar-refractivity contribution in [3.63, 3.8) is 0 Å². The molecule has 3 rings (SSSR count). The predicted octanol–water partition coefficient (Wildman–Crippen LogP) is 4.86. The maximum absolute atomic E-state index is 12.2. The lowest BCUT2D eigenvalue weighted by molar-refractivity contribution is 0.0869. The number of likely N-dealkylation sites (tertiary alicyclic amines) is 1. The molecule has 0 bridgehead atoms. The molecular formula is C20H22ClNO3. The van der Waals surface area contributed by atoms with E-state index in [1.54, 1.807) is 12.0 Å². The molecule has 1 fully saturated rings. The minimum Gasteiger partial charge on any atom is -0.496 e. The molecule has 0 saturated carbocycles. The van der Waals surface area contributed by atoms with E-state index in [0.717, 1.165) is 29.7 Å². The summed E-state index contributed by atoms with van der Waals surface area (Å²) in [4.78, 5) is 14.0. The highest BCUT2D eigenvalue weighted by Crippen LogP contribution is 2.36. The Bertz CT molecular complexity index is 712. The topological polar surface area (TPSA) is 38.8 Å². The van der Waals surface area contributed by atoms with Crippen molar-refractivity contribution in [2.45, 2.75) is 25.4 Å². The van der Waals surface area contributed by atoms with Crippen LogP contribution in [-0.4, -0.2) is 31.2 Å². The number of benzene rings is 2. The number of carbonyl (C=O) groups is 1. The largest absolute Gasteiger partial charge is 0.496 e. The van der Waals surface area contributed by atoms with Crippen LogP contribution in [0.15, 0.2) is 48.5 Å². The molecule has 132 valence electrons. The van der Waals surface area contributed by atoms with Crippen molar-refractivity contribution in [1.82, 2.24) is 4.90 Å². The first kappa shape index (κ1) is 17.6. The number of nitrogens with zero attached hydrogens (tertiary/aromatic N) is 1. The number of piperidine rings is 1. The first-order chi connectivity index (χ1) is 12.2. The van der Waals surface area contributed by atoms with Gasteiger partial charge in [0.25, 0.3) is 0 Å². The molecule has 5 heteroatoms. The van der Waals surface area contributed by atoms with Crippen LogP contribution in [0.1, 0.15) is 29.9 Å². The van der Waals surface area contributed by atoms with E-state index in [2.05, 4.69) is 0 Å². The van der Waals surface area contributed by atoms with Gasteiger partial charge in [0.15, 0.2) is 0 Å². The van der Waals surface area contributed by atoms with Gasteiger partial charge in [0.2, 0.25) is 0 Å². The van der Waals surface area contributed by atoms with Crippen LogP contribution in [0.25, 0.3) is 0 Å². The van der Waals surface area contributed by atoms with E-state index in [1.165, 1.54) is 0 Å². The van der Waals surface area contributed by atoms with Crippen molar-refractivity contribution < 1.29 is 14.3 Å². The van der Waals surface area contributed by atoms with E-state index >= 15 is 0 Å². The fraction of sp³-hybridized carbons (Fsp3) is 0.350. The van der Waals surface area contributed by atoms with E-state index < -0.39 is 0 Å². The van der Waals surface area contributed by atoms with Crippen molar-refractivity contribution in [2.24, 2.45) is 0 Å². The molecule has 0 radical (unpaired) electrons. The van der Waals surface area contributed by atoms with E-state index in [-0.39, 0.29) is 6.09 Å². The highest BCUT2D eigenvalue weighted by molar-refractivity contribution is 6.30. The summed E-state index contributed by atoms with van der Waals surface area (Å²) in [5.41, 5.74) is 2.11. The minimum atomic E-state index is -0.250. The molecular weight excluding hydrogens is 338 g/mol. The molecule has 0 atom stereocenters. The molecule has 1 aliphatic heterocycles. The molecule has 0 N–H and O–H groups in total. The third-order valence-electron chi connectivity index (χ3n) is 4.59. The number of ether oxygens (including phenoxy) is 2. The molecule has 0 aliphatic carbocycles. The van der Waals surface area contributed by atoms with Crippen LogP contribution >= 0.6 is 11.6 Å². The first-order valence-electron chi connectivity index (χ1n) is 8.46. The summed E-state index contributed by atoms with van der Waals surface area (Å²) in [6, 6.07) is 15.4. The molecule has 0 aromatic heterocycles. The average Bonchev–Trinajstić information content (AvgIpc) is 2.67. The maximum atomic E-state index is 12.2. The van der Waals surface area contributed by atoms with Crippen LogP contribution in [0.4, 0.5) is 4.79 Å². The summed E-state index contributed by atoms with van der Waals surface area (Å²) in [6.07, 6.45) is 1.49. The van der Waals surface area contributed by atoms with E-state index in [9.17, 15) is 4.79 Å². The second-order valence-corrected chi connectivity index (χ2v) is 6.62. The third kappa shape index (κ3) is 4.45. The highest BCUT2D eigenvalue weighted by atomic mass is 35.5. The monoisotopic (exact) mass is 359 g/mol. The van der Waals surface area contributed by atoms with Gasteiger partial charge in [-0.3, -0.25) is 0 Å². The lowest BCUT2D eigenvalue weighted by atomic mass is 9.89. The Balaban J connectivity index is 1.55. The minimum absolute atomic E-state index is 0.250. The summed E-state index contributed by atoms with van der Waals surface area (Å²) in [5, 5.41) is 0.709. The van der Waals surface area contributed by atoms with Crippen molar-refractivity contribution in [1.29, 1.82) is 0 Å².